The van der Waals surface area contributed by atoms with Gasteiger partial charge in [-0.2, -0.15) is 5.48 Å². The lowest BCUT2D eigenvalue weighted by atomic mass is 9.90. The van der Waals surface area contributed by atoms with E-state index in [1.807, 2.05) is 13.8 Å². The van der Waals surface area contributed by atoms with Gasteiger partial charge in [0.05, 0.1) is 17.6 Å². The number of hydrogen-bond acceptors (Lipinski definition) is 3. The monoisotopic (exact) mass is 303 g/mol. The molecule has 2 rings (SSSR count). The maximum Gasteiger partial charge on any atom is 0.139 e. The van der Waals surface area contributed by atoms with Crippen molar-refractivity contribution in [1.82, 2.24) is 5.48 Å². The van der Waals surface area contributed by atoms with Crippen LogP contribution in [-0.4, -0.2) is 12.7 Å². The van der Waals surface area contributed by atoms with Crippen molar-refractivity contribution in [2.45, 2.75) is 31.9 Å². The second kappa shape index (κ2) is 4.55. The molecule has 0 spiro atoms. The highest BCUT2D eigenvalue weighted by Gasteiger charge is 2.35. The highest BCUT2D eigenvalue weighted by Crippen LogP contribution is 2.43. The summed E-state index contributed by atoms with van der Waals surface area (Å²) < 4.78 is 19.9. The standard InChI is InChI=1S/C12H15BrFNO2/c1-12(2)6-10(15-16-3)8-4-7(14)5-9(13)11(8)17-12/h4-5,10,15H,6H2,1-3H3. The summed E-state index contributed by atoms with van der Waals surface area (Å²) >= 11 is 3.33. The molecule has 3 nitrogen and oxygen atoms in total. The van der Waals surface area contributed by atoms with E-state index in [4.69, 9.17) is 9.57 Å². The third-order valence-corrected chi connectivity index (χ3v) is 3.34. The molecule has 0 aliphatic carbocycles. The zero-order valence-corrected chi connectivity index (χ0v) is 11.6. The summed E-state index contributed by atoms with van der Waals surface area (Å²) in [7, 11) is 1.55. The molecular weight excluding hydrogens is 289 g/mol. The van der Waals surface area contributed by atoms with Gasteiger partial charge in [-0.25, -0.2) is 4.39 Å². The third kappa shape index (κ3) is 2.61. The van der Waals surface area contributed by atoms with E-state index < -0.39 is 0 Å². The van der Waals surface area contributed by atoms with Crippen LogP contribution < -0.4 is 10.2 Å². The van der Waals surface area contributed by atoms with Crippen LogP contribution in [0.1, 0.15) is 31.9 Å². The molecule has 1 atom stereocenters. The van der Waals surface area contributed by atoms with Gasteiger partial charge in [-0.05, 0) is 41.9 Å². The van der Waals surface area contributed by atoms with Crippen LogP contribution in [0, 0.1) is 5.82 Å². The van der Waals surface area contributed by atoms with Crippen molar-refractivity contribution in [3.05, 3.63) is 28.0 Å². The molecular formula is C12H15BrFNO2. The number of rotatable bonds is 2. The minimum Gasteiger partial charge on any atom is -0.486 e. The Labute approximate surface area is 108 Å². The van der Waals surface area contributed by atoms with E-state index in [0.717, 1.165) is 5.56 Å². The van der Waals surface area contributed by atoms with Crippen molar-refractivity contribution in [2.75, 3.05) is 7.11 Å². The molecule has 0 bridgehead atoms. The number of hydroxylamine groups is 1. The fourth-order valence-electron chi connectivity index (χ4n) is 2.11. The number of benzene rings is 1. The van der Waals surface area contributed by atoms with Gasteiger partial charge in [0, 0.05) is 12.0 Å². The number of hydrogen-bond donors (Lipinski definition) is 1. The van der Waals surface area contributed by atoms with Crippen molar-refractivity contribution in [3.8, 4) is 5.75 Å². The SMILES string of the molecule is CONC1CC(C)(C)Oc2c(Br)cc(F)cc21. The van der Waals surface area contributed by atoms with Crippen molar-refractivity contribution >= 4 is 15.9 Å². The molecule has 0 radical (unpaired) electrons. The summed E-state index contributed by atoms with van der Waals surface area (Å²) in [5.41, 5.74) is 3.34. The van der Waals surface area contributed by atoms with E-state index in [1.165, 1.54) is 12.1 Å². The molecule has 1 unspecified atom stereocenters. The van der Waals surface area contributed by atoms with E-state index in [2.05, 4.69) is 21.4 Å². The molecule has 0 saturated heterocycles. The summed E-state index contributed by atoms with van der Waals surface area (Å²) in [5, 5.41) is 0. The van der Waals surface area contributed by atoms with Gasteiger partial charge >= 0.3 is 0 Å². The van der Waals surface area contributed by atoms with Gasteiger partial charge in [0.15, 0.2) is 0 Å². The van der Waals surface area contributed by atoms with Crippen LogP contribution in [-0.2, 0) is 4.84 Å². The Hall–Kier alpha value is -0.650. The number of fused-ring (bicyclic) bond motifs is 1. The third-order valence-electron chi connectivity index (χ3n) is 2.75. The molecule has 1 heterocycles. The Balaban J connectivity index is 2.48. The first kappa shape index (κ1) is 12.8. The molecule has 0 aromatic heterocycles. The zero-order valence-electron chi connectivity index (χ0n) is 10.0. The Morgan fingerprint density at radius 1 is 1.53 bits per heavy atom. The first-order chi connectivity index (χ1) is 7.93. The van der Waals surface area contributed by atoms with E-state index in [1.54, 1.807) is 7.11 Å². The number of ether oxygens (including phenoxy) is 1. The molecule has 0 fully saturated rings. The van der Waals surface area contributed by atoms with Crippen LogP contribution in [0.5, 0.6) is 5.75 Å². The van der Waals surface area contributed by atoms with E-state index >= 15 is 0 Å². The molecule has 1 aliphatic heterocycles. The van der Waals surface area contributed by atoms with Crippen molar-refractivity contribution in [3.63, 3.8) is 0 Å². The van der Waals surface area contributed by atoms with Gasteiger partial charge < -0.3 is 9.57 Å². The topological polar surface area (TPSA) is 30.5 Å². The smallest absolute Gasteiger partial charge is 0.139 e. The molecule has 0 saturated carbocycles. The van der Waals surface area contributed by atoms with Crippen molar-refractivity contribution in [2.24, 2.45) is 0 Å². The van der Waals surface area contributed by atoms with Gasteiger partial charge in [-0.15, -0.1) is 0 Å². The first-order valence-corrected chi connectivity index (χ1v) is 6.19. The van der Waals surface area contributed by atoms with Crippen molar-refractivity contribution < 1.29 is 14.0 Å². The van der Waals surface area contributed by atoms with Gasteiger partial charge in [0.1, 0.15) is 17.2 Å². The molecule has 5 heteroatoms. The summed E-state index contributed by atoms with van der Waals surface area (Å²) in [6, 6.07) is 2.81. The van der Waals surface area contributed by atoms with E-state index in [-0.39, 0.29) is 17.5 Å². The minimum absolute atomic E-state index is 0.0780. The van der Waals surface area contributed by atoms with Crippen LogP contribution in [0.25, 0.3) is 0 Å². The maximum absolute atomic E-state index is 13.4. The second-order valence-electron chi connectivity index (χ2n) is 4.75. The molecule has 1 aromatic carbocycles. The van der Waals surface area contributed by atoms with Gasteiger partial charge in [0.2, 0.25) is 0 Å². The predicted octanol–water partition coefficient (Wildman–Crippen LogP) is 3.34. The molecule has 1 N–H and O–H groups in total. The Morgan fingerprint density at radius 3 is 2.88 bits per heavy atom. The lowest BCUT2D eigenvalue weighted by Gasteiger charge is -2.38. The maximum atomic E-state index is 13.4. The summed E-state index contributed by atoms with van der Waals surface area (Å²) in [6.45, 7) is 3.99. The average Bonchev–Trinajstić information content (AvgIpc) is 2.19. The predicted molar refractivity (Wildman–Crippen MR) is 66.3 cm³/mol. The minimum atomic E-state index is -0.316. The van der Waals surface area contributed by atoms with Crippen LogP contribution in [0.2, 0.25) is 0 Å². The van der Waals surface area contributed by atoms with E-state index in [9.17, 15) is 4.39 Å². The number of halogens is 2. The van der Waals surface area contributed by atoms with Crippen LogP contribution >= 0.6 is 15.9 Å². The quantitative estimate of drug-likeness (QED) is 0.850. The average molecular weight is 304 g/mol. The van der Waals surface area contributed by atoms with Gasteiger partial charge in [-0.1, -0.05) is 0 Å². The van der Waals surface area contributed by atoms with Crippen molar-refractivity contribution in [1.29, 1.82) is 0 Å². The number of nitrogens with one attached hydrogen (secondary N) is 1. The fraction of sp³-hybridized carbons (Fsp3) is 0.500. The van der Waals surface area contributed by atoms with Crippen LogP contribution in [0.3, 0.4) is 0 Å². The molecule has 1 aliphatic rings. The van der Waals surface area contributed by atoms with Gasteiger partial charge in [0.25, 0.3) is 0 Å². The Bertz CT molecular complexity index is 437. The lowest BCUT2D eigenvalue weighted by Crippen LogP contribution is -2.39. The lowest BCUT2D eigenvalue weighted by molar-refractivity contribution is 0.00233. The molecule has 0 amide bonds. The summed E-state index contributed by atoms with van der Waals surface area (Å²) in [5.74, 6) is 0.388. The van der Waals surface area contributed by atoms with Crippen LogP contribution in [0.15, 0.2) is 16.6 Å². The summed E-state index contributed by atoms with van der Waals surface area (Å²) in [6.07, 6.45) is 0.712. The normalized spacial score (nSPS) is 21.8. The summed E-state index contributed by atoms with van der Waals surface area (Å²) in [4.78, 5) is 4.97. The molecule has 1 aromatic rings. The molecule has 17 heavy (non-hydrogen) atoms. The molecule has 94 valence electrons. The van der Waals surface area contributed by atoms with E-state index in [0.29, 0.717) is 16.6 Å². The second-order valence-corrected chi connectivity index (χ2v) is 5.60. The largest absolute Gasteiger partial charge is 0.486 e. The first-order valence-electron chi connectivity index (χ1n) is 5.39. The Morgan fingerprint density at radius 2 is 2.24 bits per heavy atom. The highest BCUT2D eigenvalue weighted by molar-refractivity contribution is 9.10. The fourth-order valence-corrected chi connectivity index (χ4v) is 2.64. The van der Waals surface area contributed by atoms with Gasteiger partial charge in [-0.3, -0.25) is 0 Å². The highest BCUT2D eigenvalue weighted by atomic mass is 79.9. The zero-order chi connectivity index (χ0) is 12.6. The Kier molecular flexibility index (Phi) is 3.43. The van der Waals surface area contributed by atoms with Crippen LogP contribution in [0.4, 0.5) is 4.39 Å².